The molecular weight excluding hydrogens is 416 g/mol. The van der Waals surface area contributed by atoms with E-state index >= 15 is 0 Å². The lowest BCUT2D eigenvalue weighted by atomic mass is 9.80. The number of hydrogen-bond donors (Lipinski definition) is 1. The molecule has 3 fully saturated rings. The number of hydrogen-bond acceptors (Lipinski definition) is 5. The molecule has 7 nitrogen and oxygen atoms in total. The molecular formula is C23H32N2O5S. The van der Waals surface area contributed by atoms with Gasteiger partial charge in [0.25, 0.3) is 5.91 Å². The van der Waals surface area contributed by atoms with Crippen molar-refractivity contribution in [2.45, 2.75) is 81.2 Å². The normalized spacial score (nSPS) is 31.8. The third-order valence-electron chi connectivity index (χ3n) is 7.37. The predicted molar refractivity (Wildman–Crippen MR) is 117 cm³/mol. The van der Waals surface area contributed by atoms with Crippen molar-refractivity contribution in [3.05, 3.63) is 29.3 Å². The molecule has 1 unspecified atom stereocenters. The lowest BCUT2D eigenvalue weighted by Crippen LogP contribution is -2.51. The number of nitrogens with one attached hydrogen (secondary N) is 1. The predicted octanol–water partition coefficient (Wildman–Crippen LogP) is 2.48. The van der Waals surface area contributed by atoms with Crippen LogP contribution in [-0.4, -0.2) is 62.4 Å². The van der Waals surface area contributed by atoms with E-state index in [0.717, 1.165) is 44.3 Å². The molecule has 6 rings (SSSR count). The van der Waals surface area contributed by atoms with Crippen molar-refractivity contribution >= 4 is 15.9 Å². The fourth-order valence-electron chi connectivity index (χ4n) is 5.47. The summed E-state index contributed by atoms with van der Waals surface area (Å²) >= 11 is 0. The minimum absolute atomic E-state index is 0.0365. The first kappa shape index (κ1) is 21.2. The zero-order valence-electron chi connectivity index (χ0n) is 18.1. The van der Waals surface area contributed by atoms with Crippen LogP contribution < -0.4 is 9.46 Å². The number of amides is 1. The minimum atomic E-state index is -3.33. The van der Waals surface area contributed by atoms with Crippen molar-refractivity contribution in [2.24, 2.45) is 0 Å². The first-order valence-corrected chi connectivity index (χ1v) is 13.1. The fourth-order valence-corrected chi connectivity index (χ4v) is 7.12. The fraction of sp³-hybridized carbons (Fsp3) is 0.696. The number of benzene rings is 1. The standard InChI is InChI=1S/C23H32N2O5S/c1-15-3-2-4-21-23(15)16-5-7-17(8-6-16)29-13-20-19(24-31(27,28)18-9-10-18)11-12-25(20)22(26)14-30-21/h2-4,16-20,24H,5-14H2,1H3/t16?,17?,19-,20?/m0/s1. The number of fused-ring (bicyclic) bond motifs is 5. The first-order valence-electron chi connectivity index (χ1n) is 11.6. The number of carbonyl (C=O) groups is 1. The van der Waals surface area contributed by atoms with Crippen molar-refractivity contribution < 1.29 is 22.7 Å². The third kappa shape index (κ3) is 4.34. The van der Waals surface area contributed by atoms with Gasteiger partial charge in [-0.05, 0) is 69.4 Å². The molecule has 1 saturated heterocycles. The van der Waals surface area contributed by atoms with Gasteiger partial charge < -0.3 is 14.4 Å². The van der Waals surface area contributed by atoms with Crippen molar-refractivity contribution in [3.63, 3.8) is 0 Å². The lowest BCUT2D eigenvalue weighted by Gasteiger charge is -2.32. The van der Waals surface area contributed by atoms with Crippen LogP contribution in [0.1, 0.15) is 62.0 Å². The second kappa shape index (κ2) is 8.37. The monoisotopic (exact) mass is 448 g/mol. The number of sulfonamides is 1. The topological polar surface area (TPSA) is 84.9 Å². The van der Waals surface area contributed by atoms with Crippen LogP contribution in [0.2, 0.25) is 0 Å². The zero-order chi connectivity index (χ0) is 21.6. The Morgan fingerprint density at radius 3 is 2.58 bits per heavy atom. The molecule has 2 bridgehead atoms. The van der Waals surface area contributed by atoms with Crippen molar-refractivity contribution in [1.82, 2.24) is 9.62 Å². The second-order valence-electron chi connectivity index (χ2n) is 9.49. The molecule has 0 aromatic heterocycles. The summed E-state index contributed by atoms with van der Waals surface area (Å²) in [4.78, 5) is 14.9. The summed E-state index contributed by atoms with van der Waals surface area (Å²) in [7, 11) is -3.33. The van der Waals surface area contributed by atoms with Gasteiger partial charge >= 0.3 is 0 Å². The molecule has 5 aliphatic rings. The molecule has 0 spiro atoms. The van der Waals surface area contributed by atoms with Crippen molar-refractivity contribution in [1.29, 1.82) is 0 Å². The van der Waals surface area contributed by atoms with Gasteiger partial charge in [0.05, 0.1) is 24.0 Å². The van der Waals surface area contributed by atoms with Crippen molar-refractivity contribution in [3.8, 4) is 5.75 Å². The van der Waals surface area contributed by atoms with E-state index in [4.69, 9.17) is 9.47 Å². The Bertz CT molecular complexity index is 937. The molecule has 0 radical (unpaired) electrons. The SMILES string of the molecule is Cc1cccc2c1C1CCC(CC1)OCC1[C@@H](NS(=O)(=O)C3CC3)CCN1C(=O)CO2. The van der Waals surface area contributed by atoms with E-state index in [2.05, 4.69) is 17.7 Å². The molecule has 3 aliphatic heterocycles. The number of nitrogens with zero attached hydrogens (tertiary/aromatic N) is 1. The highest BCUT2D eigenvalue weighted by Gasteiger charge is 2.44. The summed E-state index contributed by atoms with van der Waals surface area (Å²) in [6.45, 7) is 2.95. The Morgan fingerprint density at radius 2 is 1.84 bits per heavy atom. The van der Waals surface area contributed by atoms with Gasteiger partial charge in [0, 0.05) is 18.2 Å². The highest BCUT2D eigenvalue weighted by Crippen LogP contribution is 2.40. The number of aryl methyl sites for hydroxylation is 1. The zero-order valence-corrected chi connectivity index (χ0v) is 18.9. The van der Waals surface area contributed by atoms with Gasteiger partial charge in [0.15, 0.2) is 6.61 Å². The molecule has 8 heteroatoms. The van der Waals surface area contributed by atoms with Crippen LogP contribution in [0, 0.1) is 6.92 Å². The van der Waals surface area contributed by atoms with E-state index in [1.807, 2.05) is 12.1 Å². The van der Waals surface area contributed by atoms with Gasteiger partial charge in [-0.15, -0.1) is 0 Å². The molecule has 2 saturated carbocycles. The van der Waals surface area contributed by atoms with E-state index in [-0.39, 0.29) is 36.0 Å². The molecule has 2 atom stereocenters. The van der Waals surface area contributed by atoms with Crippen LogP contribution in [-0.2, 0) is 19.6 Å². The van der Waals surface area contributed by atoms with Crippen LogP contribution in [0.4, 0.5) is 0 Å². The van der Waals surface area contributed by atoms with Gasteiger partial charge in [0.2, 0.25) is 10.0 Å². The maximum Gasteiger partial charge on any atom is 0.260 e. The first-order chi connectivity index (χ1) is 14.9. The van der Waals surface area contributed by atoms with Gasteiger partial charge in [0.1, 0.15) is 5.75 Å². The molecule has 2 aliphatic carbocycles. The highest BCUT2D eigenvalue weighted by atomic mass is 32.2. The molecule has 1 aromatic rings. The summed E-state index contributed by atoms with van der Waals surface area (Å²) in [5, 5.41) is -0.272. The maximum absolute atomic E-state index is 13.1. The Balaban J connectivity index is 1.40. The highest BCUT2D eigenvalue weighted by molar-refractivity contribution is 7.90. The Morgan fingerprint density at radius 1 is 1.06 bits per heavy atom. The average Bonchev–Trinajstić information content (AvgIpc) is 3.54. The van der Waals surface area contributed by atoms with Crippen LogP contribution in [0.3, 0.4) is 0 Å². The largest absolute Gasteiger partial charge is 0.483 e. The number of ether oxygens (including phenoxy) is 2. The van der Waals surface area contributed by atoms with E-state index in [0.29, 0.717) is 25.5 Å². The summed E-state index contributed by atoms with van der Waals surface area (Å²) in [5.41, 5.74) is 2.43. The number of carbonyl (C=O) groups excluding carboxylic acids is 1. The van der Waals surface area contributed by atoms with Gasteiger partial charge in [-0.1, -0.05) is 12.1 Å². The van der Waals surface area contributed by atoms with Crippen LogP contribution >= 0.6 is 0 Å². The average molecular weight is 449 g/mol. The molecule has 1 amide bonds. The maximum atomic E-state index is 13.1. The van der Waals surface area contributed by atoms with Crippen molar-refractivity contribution in [2.75, 3.05) is 19.8 Å². The molecule has 1 N–H and O–H groups in total. The second-order valence-corrected chi connectivity index (χ2v) is 11.5. The molecule has 31 heavy (non-hydrogen) atoms. The summed E-state index contributed by atoms with van der Waals surface area (Å²) in [5.74, 6) is 1.12. The molecule has 3 heterocycles. The summed E-state index contributed by atoms with van der Waals surface area (Å²) in [6.07, 6.45) is 6.22. The van der Waals surface area contributed by atoms with E-state index in [9.17, 15) is 13.2 Å². The smallest absolute Gasteiger partial charge is 0.260 e. The minimum Gasteiger partial charge on any atom is -0.483 e. The van der Waals surface area contributed by atoms with Crippen LogP contribution in [0.5, 0.6) is 5.75 Å². The Labute approximate surface area is 184 Å². The van der Waals surface area contributed by atoms with Gasteiger partial charge in [-0.3, -0.25) is 4.79 Å². The molecule has 1 aromatic carbocycles. The summed E-state index contributed by atoms with van der Waals surface area (Å²) < 4.78 is 40.3. The lowest BCUT2D eigenvalue weighted by molar-refractivity contribution is -0.136. The van der Waals surface area contributed by atoms with Gasteiger partial charge in [-0.2, -0.15) is 0 Å². The number of rotatable bonds is 3. The van der Waals surface area contributed by atoms with Crippen LogP contribution in [0.25, 0.3) is 0 Å². The molecule has 170 valence electrons. The van der Waals surface area contributed by atoms with E-state index < -0.39 is 10.0 Å². The third-order valence-corrected chi connectivity index (χ3v) is 9.35. The quantitative estimate of drug-likeness (QED) is 0.768. The summed E-state index contributed by atoms with van der Waals surface area (Å²) in [6, 6.07) is 5.46. The Hall–Kier alpha value is -1.64. The Kier molecular flexibility index (Phi) is 5.73. The van der Waals surface area contributed by atoms with Gasteiger partial charge in [-0.25, -0.2) is 13.1 Å². The van der Waals surface area contributed by atoms with Crippen LogP contribution in [0.15, 0.2) is 18.2 Å². The van der Waals surface area contributed by atoms with E-state index in [1.54, 1.807) is 4.90 Å². The van der Waals surface area contributed by atoms with E-state index in [1.165, 1.54) is 11.1 Å².